The van der Waals surface area contributed by atoms with Gasteiger partial charge in [0, 0.05) is 24.7 Å². The Morgan fingerprint density at radius 1 is 1.29 bits per heavy atom. The predicted molar refractivity (Wildman–Crippen MR) is 56.5 cm³/mol. The van der Waals surface area contributed by atoms with E-state index in [1.807, 2.05) is 36.1 Å². The first-order chi connectivity index (χ1) is 6.83. The standard InChI is InChI=1S/C11H13N3/c1-14-11(10(7-12)8-13-14)9-5-3-2-4-6-9/h2-6,8H,7,12H2,1H3. The van der Waals surface area contributed by atoms with Crippen molar-refractivity contribution in [1.29, 1.82) is 0 Å². The van der Waals surface area contributed by atoms with Crippen LogP contribution in [0.5, 0.6) is 0 Å². The molecule has 0 saturated heterocycles. The minimum Gasteiger partial charge on any atom is -0.326 e. The number of nitrogens with zero attached hydrogens (tertiary/aromatic N) is 2. The van der Waals surface area contributed by atoms with Crippen LogP contribution >= 0.6 is 0 Å². The number of nitrogens with two attached hydrogens (primary N) is 1. The van der Waals surface area contributed by atoms with E-state index in [4.69, 9.17) is 5.73 Å². The average molecular weight is 187 g/mol. The van der Waals surface area contributed by atoms with Gasteiger partial charge in [-0.05, 0) is 0 Å². The predicted octanol–water partition coefficient (Wildman–Crippen LogP) is 1.55. The summed E-state index contributed by atoms with van der Waals surface area (Å²) < 4.78 is 1.86. The molecule has 2 aromatic rings. The Morgan fingerprint density at radius 3 is 2.64 bits per heavy atom. The van der Waals surface area contributed by atoms with Gasteiger partial charge in [-0.3, -0.25) is 4.68 Å². The van der Waals surface area contributed by atoms with E-state index in [1.54, 1.807) is 0 Å². The summed E-state index contributed by atoms with van der Waals surface area (Å²) in [6.07, 6.45) is 1.82. The number of benzene rings is 1. The van der Waals surface area contributed by atoms with Crippen LogP contribution in [0.3, 0.4) is 0 Å². The van der Waals surface area contributed by atoms with Crippen molar-refractivity contribution in [2.45, 2.75) is 6.54 Å². The molecule has 1 heterocycles. The highest BCUT2D eigenvalue weighted by atomic mass is 15.3. The van der Waals surface area contributed by atoms with Crippen molar-refractivity contribution >= 4 is 0 Å². The second-order valence-electron chi connectivity index (χ2n) is 3.21. The van der Waals surface area contributed by atoms with Crippen molar-refractivity contribution < 1.29 is 0 Å². The minimum atomic E-state index is 0.526. The molecule has 14 heavy (non-hydrogen) atoms. The Balaban J connectivity index is 2.55. The molecule has 0 fully saturated rings. The molecular formula is C11H13N3. The molecule has 0 aliphatic carbocycles. The van der Waals surface area contributed by atoms with Crippen molar-refractivity contribution in [3.8, 4) is 11.3 Å². The highest BCUT2D eigenvalue weighted by molar-refractivity contribution is 5.63. The Kier molecular flexibility index (Phi) is 2.33. The Morgan fingerprint density at radius 2 is 2.00 bits per heavy atom. The third kappa shape index (κ3) is 1.42. The Hall–Kier alpha value is -1.61. The van der Waals surface area contributed by atoms with Gasteiger partial charge in [0.25, 0.3) is 0 Å². The van der Waals surface area contributed by atoms with Crippen LogP contribution in [0.2, 0.25) is 0 Å². The van der Waals surface area contributed by atoms with Crippen molar-refractivity contribution in [3.63, 3.8) is 0 Å². The molecule has 0 atom stereocenters. The van der Waals surface area contributed by atoms with Crippen molar-refractivity contribution in [2.24, 2.45) is 12.8 Å². The first-order valence-corrected chi connectivity index (χ1v) is 4.59. The molecule has 1 aromatic carbocycles. The summed E-state index contributed by atoms with van der Waals surface area (Å²) in [6, 6.07) is 10.2. The lowest BCUT2D eigenvalue weighted by Crippen LogP contribution is -1.99. The van der Waals surface area contributed by atoms with Gasteiger partial charge in [0.05, 0.1) is 11.9 Å². The maximum Gasteiger partial charge on any atom is 0.0723 e. The maximum atomic E-state index is 5.65. The second-order valence-corrected chi connectivity index (χ2v) is 3.21. The lowest BCUT2D eigenvalue weighted by molar-refractivity contribution is 0.775. The fraction of sp³-hybridized carbons (Fsp3) is 0.182. The summed E-state index contributed by atoms with van der Waals surface area (Å²) >= 11 is 0. The van der Waals surface area contributed by atoms with Gasteiger partial charge in [-0.2, -0.15) is 5.10 Å². The van der Waals surface area contributed by atoms with Gasteiger partial charge in [0.1, 0.15) is 0 Å². The van der Waals surface area contributed by atoms with Crippen molar-refractivity contribution in [1.82, 2.24) is 9.78 Å². The van der Waals surface area contributed by atoms with Crippen molar-refractivity contribution in [3.05, 3.63) is 42.1 Å². The number of aryl methyl sites for hydroxylation is 1. The molecule has 0 saturated carbocycles. The normalized spacial score (nSPS) is 10.4. The number of aromatic nitrogens is 2. The third-order valence-corrected chi connectivity index (χ3v) is 2.28. The lowest BCUT2D eigenvalue weighted by Gasteiger charge is -2.04. The first-order valence-electron chi connectivity index (χ1n) is 4.59. The van der Waals surface area contributed by atoms with E-state index in [2.05, 4.69) is 17.2 Å². The molecule has 0 aliphatic rings. The summed E-state index contributed by atoms with van der Waals surface area (Å²) in [4.78, 5) is 0. The van der Waals surface area contributed by atoms with E-state index in [0.29, 0.717) is 6.54 Å². The molecule has 0 bridgehead atoms. The quantitative estimate of drug-likeness (QED) is 0.775. The number of rotatable bonds is 2. The molecule has 2 rings (SSSR count). The van der Waals surface area contributed by atoms with E-state index in [0.717, 1.165) is 16.8 Å². The van der Waals surface area contributed by atoms with Gasteiger partial charge in [-0.1, -0.05) is 30.3 Å². The fourth-order valence-electron chi connectivity index (χ4n) is 1.60. The van der Waals surface area contributed by atoms with Gasteiger partial charge in [0.15, 0.2) is 0 Å². The van der Waals surface area contributed by atoms with Crippen LogP contribution in [0.25, 0.3) is 11.3 Å². The van der Waals surface area contributed by atoms with E-state index in [1.165, 1.54) is 0 Å². The molecule has 0 unspecified atom stereocenters. The van der Waals surface area contributed by atoms with Crippen molar-refractivity contribution in [2.75, 3.05) is 0 Å². The fourth-order valence-corrected chi connectivity index (χ4v) is 1.60. The van der Waals surface area contributed by atoms with Gasteiger partial charge in [0.2, 0.25) is 0 Å². The summed E-state index contributed by atoms with van der Waals surface area (Å²) in [6.45, 7) is 0.526. The second kappa shape index (κ2) is 3.64. The molecule has 2 N–H and O–H groups in total. The van der Waals surface area contributed by atoms with Crippen LogP contribution in [0.4, 0.5) is 0 Å². The molecule has 3 heteroatoms. The summed E-state index contributed by atoms with van der Waals surface area (Å²) in [5, 5.41) is 4.20. The molecule has 1 aromatic heterocycles. The van der Waals surface area contributed by atoms with E-state index >= 15 is 0 Å². The highest BCUT2D eigenvalue weighted by Gasteiger charge is 2.08. The average Bonchev–Trinajstić information content (AvgIpc) is 2.61. The highest BCUT2D eigenvalue weighted by Crippen LogP contribution is 2.21. The largest absolute Gasteiger partial charge is 0.326 e. The molecule has 0 radical (unpaired) electrons. The summed E-state index contributed by atoms with van der Waals surface area (Å²) in [5.41, 5.74) is 8.99. The summed E-state index contributed by atoms with van der Waals surface area (Å²) in [5.74, 6) is 0. The van der Waals surface area contributed by atoms with E-state index in [9.17, 15) is 0 Å². The zero-order valence-electron chi connectivity index (χ0n) is 8.14. The molecule has 3 nitrogen and oxygen atoms in total. The van der Waals surface area contributed by atoms with Gasteiger partial charge < -0.3 is 5.73 Å². The minimum absolute atomic E-state index is 0.526. The number of hydrogen-bond donors (Lipinski definition) is 1. The summed E-state index contributed by atoms with van der Waals surface area (Å²) in [7, 11) is 1.93. The van der Waals surface area contributed by atoms with Crippen LogP contribution in [0.15, 0.2) is 36.5 Å². The van der Waals surface area contributed by atoms with Crippen LogP contribution < -0.4 is 5.73 Å². The maximum absolute atomic E-state index is 5.65. The van der Waals surface area contributed by atoms with Crippen LogP contribution in [0.1, 0.15) is 5.56 Å². The van der Waals surface area contributed by atoms with Crippen LogP contribution in [0, 0.1) is 0 Å². The Bertz CT molecular complexity index is 417. The molecule has 0 amide bonds. The zero-order valence-corrected chi connectivity index (χ0v) is 8.14. The molecule has 0 aliphatic heterocycles. The van der Waals surface area contributed by atoms with Crippen LogP contribution in [-0.4, -0.2) is 9.78 Å². The van der Waals surface area contributed by atoms with E-state index < -0.39 is 0 Å². The smallest absolute Gasteiger partial charge is 0.0723 e. The molecule has 72 valence electrons. The van der Waals surface area contributed by atoms with Gasteiger partial charge >= 0.3 is 0 Å². The molecule has 0 spiro atoms. The zero-order chi connectivity index (χ0) is 9.97. The monoisotopic (exact) mass is 187 g/mol. The first kappa shape index (κ1) is 8.97. The number of hydrogen-bond acceptors (Lipinski definition) is 2. The topological polar surface area (TPSA) is 43.8 Å². The van der Waals surface area contributed by atoms with E-state index in [-0.39, 0.29) is 0 Å². The Labute approximate surface area is 83.2 Å². The van der Waals surface area contributed by atoms with Crippen LogP contribution in [-0.2, 0) is 13.6 Å². The molecular weight excluding hydrogens is 174 g/mol. The van der Waals surface area contributed by atoms with Gasteiger partial charge in [-0.25, -0.2) is 0 Å². The SMILES string of the molecule is Cn1ncc(CN)c1-c1ccccc1. The van der Waals surface area contributed by atoms with Gasteiger partial charge in [-0.15, -0.1) is 0 Å². The third-order valence-electron chi connectivity index (χ3n) is 2.28. The lowest BCUT2D eigenvalue weighted by atomic mass is 10.1.